The van der Waals surface area contributed by atoms with Crippen molar-refractivity contribution in [2.24, 2.45) is 0 Å². The molecule has 0 aromatic rings. The lowest BCUT2D eigenvalue weighted by atomic mass is 10.1. The molecule has 0 saturated carbocycles. The first-order chi connectivity index (χ1) is 19.0. The molecule has 0 aromatic heterocycles. The molecule has 0 bridgehead atoms. The van der Waals surface area contributed by atoms with E-state index in [-0.39, 0.29) is 12.3 Å². The molecule has 228 valence electrons. The molecule has 1 saturated heterocycles. The second-order valence-corrected chi connectivity index (χ2v) is 10.5. The molecule has 1 aliphatic heterocycles. The highest BCUT2D eigenvalue weighted by molar-refractivity contribution is 5.96. The molecule has 1 heterocycles. The van der Waals surface area contributed by atoms with Crippen LogP contribution < -0.4 is 21.3 Å². The average molecular weight is 568 g/mol. The fraction of sp³-hybridized carbons (Fsp3) is 0.786. The van der Waals surface area contributed by atoms with Crippen molar-refractivity contribution in [2.75, 3.05) is 13.1 Å². The Morgan fingerprint density at radius 3 is 2.02 bits per heavy atom. The van der Waals surface area contributed by atoms with Gasteiger partial charge in [0.2, 0.25) is 29.5 Å². The summed E-state index contributed by atoms with van der Waals surface area (Å²) in [4.78, 5) is 75.7. The minimum Gasteiger partial charge on any atom is -0.481 e. The van der Waals surface area contributed by atoms with Gasteiger partial charge in [-0.25, -0.2) is 0 Å². The number of aliphatic carboxylic acids is 1. The van der Waals surface area contributed by atoms with Crippen molar-refractivity contribution in [2.45, 2.75) is 129 Å². The van der Waals surface area contributed by atoms with Crippen molar-refractivity contribution in [1.29, 1.82) is 0 Å². The summed E-state index contributed by atoms with van der Waals surface area (Å²) in [6, 6.07) is -3.96. The third-order valence-electron chi connectivity index (χ3n) is 6.96. The summed E-state index contributed by atoms with van der Waals surface area (Å²) in [5, 5.41) is 19.4. The Hall–Kier alpha value is -3.18. The van der Waals surface area contributed by atoms with Gasteiger partial charge in [0.15, 0.2) is 0 Å². The maximum atomic E-state index is 12.9. The number of unbranched alkanes of at least 4 members (excludes halogenated alkanes) is 7. The van der Waals surface area contributed by atoms with Crippen LogP contribution in [0.3, 0.4) is 0 Å². The van der Waals surface area contributed by atoms with E-state index in [4.69, 9.17) is 0 Å². The van der Waals surface area contributed by atoms with Gasteiger partial charge in [0, 0.05) is 19.5 Å². The van der Waals surface area contributed by atoms with Crippen LogP contribution in [0.25, 0.3) is 0 Å². The van der Waals surface area contributed by atoms with E-state index in [2.05, 4.69) is 28.2 Å². The summed E-state index contributed by atoms with van der Waals surface area (Å²) in [5.41, 5.74) is 0. The van der Waals surface area contributed by atoms with Gasteiger partial charge in [0.1, 0.15) is 24.2 Å². The number of carboxylic acids is 1. The molecule has 40 heavy (non-hydrogen) atoms. The summed E-state index contributed by atoms with van der Waals surface area (Å²) in [6.07, 6.45) is 9.23. The standard InChI is InChI=1S/C28H49N5O7/c1-5-7-8-9-10-11-12-13-16-23(34)32-21(18-24(35)36)26(38)30-19(3)25(37)31-20(4)28(40)33-17-14-15-22(33)27(39)29-6-2/h19-22H,5-18H2,1-4H3,(H,29,39)(H,30,38)(H,31,37)(H,32,34)(H,35,36)/t19-,20-,21-,22-/m0/s1. The van der Waals surface area contributed by atoms with E-state index >= 15 is 0 Å². The SMILES string of the molecule is CCCCCCCCCCC(=O)N[C@@H](CC(=O)O)C(=O)N[C@@H](C)C(=O)N[C@@H](C)C(=O)N1CCC[C@H]1C(=O)NCC. The number of likely N-dealkylation sites (tertiary alicyclic amines) is 1. The average Bonchev–Trinajstić information content (AvgIpc) is 3.39. The number of amides is 5. The van der Waals surface area contributed by atoms with E-state index in [1.54, 1.807) is 6.92 Å². The van der Waals surface area contributed by atoms with Crippen LogP contribution in [0.4, 0.5) is 0 Å². The minimum atomic E-state index is -1.34. The number of likely N-dealkylation sites (N-methyl/N-ethyl adjacent to an activating group) is 1. The molecule has 1 aliphatic rings. The number of nitrogens with zero attached hydrogens (tertiary/aromatic N) is 1. The Morgan fingerprint density at radius 1 is 0.825 bits per heavy atom. The predicted octanol–water partition coefficient (Wildman–Crippen LogP) is 1.61. The lowest BCUT2D eigenvalue weighted by Crippen LogP contribution is -2.57. The van der Waals surface area contributed by atoms with Crippen LogP contribution in [0.2, 0.25) is 0 Å². The van der Waals surface area contributed by atoms with Crippen molar-refractivity contribution in [3.63, 3.8) is 0 Å². The predicted molar refractivity (Wildman–Crippen MR) is 150 cm³/mol. The monoisotopic (exact) mass is 567 g/mol. The van der Waals surface area contributed by atoms with Gasteiger partial charge < -0.3 is 31.3 Å². The van der Waals surface area contributed by atoms with Gasteiger partial charge in [0.05, 0.1) is 6.42 Å². The first-order valence-corrected chi connectivity index (χ1v) is 14.7. The zero-order valence-electron chi connectivity index (χ0n) is 24.6. The van der Waals surface area contributed by atoms with E-state index in [1.165, 1.54) is 44.4 Å². The molecular formula is C28H49N5O7. The van der Waals surface area contributed by atoms with Crippen LogP contribution in [-0.2, 0) is 28.8 Å². The van der Waals surface area contributed by atoms with Gasteiger partial charge >= 0.3 is 5.97 Å². The zero-order valence-corrected chi connectivity index (χ0v) is 24.6. The summed E-state index contributed by atoms with van der Waals surface area (Å²) in [7, 11) is 0. The fourth-order valence-corrected chi connectivity index (χ4v) is 4.69. The molecule has 0 radical (unpaired) electrons. The van der Waals surface area contributed by atoms with Gasteiger partial charge in [-0.1, -0.05) is 51.9 Å². The van der Waals surface area contributed by atoms with Gasteiger partial charge in [-0.2, -0.15) is 0 Å². The molecule has 0 spiro atoms. The van der Waals surface area contributed by atoms with Crippen LogP contribution in [0.5, 0.6) is 0 Å². The molecule has 4 atom stereocenters. The topological polar surface area (TPSA) is 174 Å². The maximum absolute atomic E-state index is 12.9. The number of hydrogen-bond donors (Lipinski definition) is 5. The van der Waals surface area contributed by atoms with Crippen molar-refractivity contribution >= 4 is 35.5 Å². The third kappa shape index (κ3) is 12.8. The summed E-state index contributed by atoms with van der Waals surface area (Å²) < 4.78 is 0. The second-order valence-electron chi connectivity index (χ2n) is 10.5. The highest BCUT2D eigenvalue weighted by atomic mass is 16.4. The van der Waals surface area contributed by atoms with Crippen LogP contribution in [0.15, 0.2) is 0 Å². The van der Waals surface area contributed by atoms with Gasteiger partial charge in [-0.05, 0) is 40.0 Å². The first-order valence-electron chi connectivity index (χ1n) is 14.7. The van der Waals surface area contributed by atoms with Crippen molar-refractivity contribution in [1.82, 2.24) is 26.2 Å². The Labute approximate surface area is 237 Å². The number of nitrogens with one attached hydrogen (secondary N) is 4. The van der Waals surface area contributed by atoms with Crippen molar-refractivity contribution in [3.8, 4) is 0 Å². The molecule has 0 aliphatic carbocycles. The van der Waals surface area contributed by atoms with E-state index < -0.39 is 60.2 Å². The largest absolute Gasteiger partial charge is 0.481 e. The number of carbonyl (C=O) groups is 6. The molecule has 12 nitrogen and oxygen atoms in total. The summed E-state index contributed by atoms with van der Waals surface area (Å²) in [6.45, 7) is 7.71. The molecule has 0 unspecified atom stereocenters. The van der Waals surface area contributed by atoms with Crippen molar-refractivity contribution in [3.05, 3.63) is 0 Å². The van der Waals surface area contributed by atoms with Crippen LogP contribution in [0.1, 0.15) is 105 Å². The molecule has 0 aromatic carbocycles. The minimum absolute atomic E-state index is 0.182. The maximum Gasteiger partial charge on any atom is 0.305 e. The first kappa shape index (κ1) is 34.8. The molecule has 5 N–H and O–H groups in total. The summed E-state index contributed by atoms with van der Waals surface area (Å²) in [5.74, 6) is -3.78. The number of hydrogen-bond acceptors (Lipinski definition) is 6. The van der Waals surface area contributed by atoms with Crippen molar-refractivity contribution < 1.29 is 33.9 Å². The lowest BCUT2D eigenvalue weighted by Gasteiger charge is -2.28. The number of carbonyl (C=O) groups excluding carboxylic acids is 5. The third-order valence-corrected chi connectivity index (χ3v) is 6.96. The number of carboxylic acid groups (broad SMARTS) is 1. The van der Waals surface area contributed by atoms with Gasteiger partial charge in [0.25, 0.3) is 0 Å². The van der Waals surface area contributed by atoms with Crippen LogP contribution in [0, 0.1) is 0 Å². The molecular weight excluding hydrogens is 518 g/mol. The Morgan fingerprint density at radius 2 is 1.43 bits per heavy atom. The summed E-state index contributed by atoms with van der Waals surface area (Å²) >= 11 is 0. The Bertz CT molecular complexity index is 866. The molecule has 1 rings (SSSR count). The highest BCUT2D eigenvalue weighted by Gasteiger charge is 2.36. The normalized spacial score (nSPS) is 16.9. The highest BCUT2D eigenvalue weighted by Crippen LogP contribution is 2.18. The van der Waals surface area contributed by atoms with Gasteiger partial charge in [-0.15, -0.1) is 0 Å². The second kappa shape index (κ2) is 19.0. The molecule has 12 heteroatoms. The van der Waals surface area contributed by atoms with Gasteiger partial charge in [-0.3, -0.25) is 28.8 Å². The Kier molecular flexibility index (Phi) is 16.5. The van der Waals surface area contributed by atoms with Crippen LogP contribution in [-0.4, -0.2) is 82.8 Å². The van der Waals surface area contributed by atoms with E-state index in [1.807, 2.05) is 0 Å². The molecule has 5 amide bonds. The lowest BCUT2D eigenvalue weighted by molar-refractivity contribution is -0.142. The molecule has 1 fully saturated rings. The fourth-order valence-electron chi connectivity index (χ4n) is 4.69. The zero-order chi connectivity index (χ0) is 30.1. The smallest absolute Gasteiger partial charge is 0.305 e. The number of rotatable bonds is 19. The van der Waals surface area contributed by atoms with E-state index in [0.29, 0.717) is 32.4 Å². The van der Waals surface area contributed by atoms with E-state index in [9.17, 15) is 33.9 Å². The van der Waals surface area contributed by atoms with E-state index in [0.717, 1.165) is 19.3 Å². The quantitative estimate of drug-likeness (QED) is 0.147. The Balaban J connectivity index is 2.56. The van der Waals surface area contributed by atoms with Crippen LogP contribution >= 0.6 is 0 Å².